The van der Waals surface area contributed by atoms with Crippen molar-refractivity contribution >= 4 is 0 Å². The first kappa shape index (κ1) is 24.5. The van der Waals surface area contributed by atoms with Gasteiger partial charge in [0, 0.05) is 56.8 Å². The maximum absolute atomic E-state index is 2.55. The van der Waals surface area contributed by atoms with E-state index < -0.39 is 0 Å². The lowest BCUT2D eigenvalue weighted by Gasteiger charge is -2.39. The smallest absolute Gasteiger partial charge is 0.0836 e. The number of unbranched alkanes of at least 4 members (excludes halogenated alkanes) is 1. The summed E-state index contributed by atoms with van der Waals surface area (Å²) in [5, 5.41) is 0. The number of hydrogen-bond acceptors (Lipinski definition) is 0. The lowest BCUT2D eigenvalue weighted by Crippen LogP contribution is -2.49. The van der Waals surface area contributed by atoms with Gasteiger partial charge in [-0.1, -0.05) is 20.8 Å². The van der Waals surface area contributed by atoms with Crippen LogP contribution in [0.2, 0.25) is 0 Å². The van der Waals surface area contributed by atoms with Crippen molar-refractivity contribution in [2.45, 2.75) is 91.4 Å². The molecule has 176 valence electrons. The molecule has 0 aromatic rings. The highest BCUT2D eigenvalue weighted by molar-refractivity contribution is 4.71. The van der Waals surface area contributed by atoms with Crippen LogP contribution in [-0.2, 0) is 0 Å². The Labute approximate surface area is 189 Å². The van der Waals surface area contributed by atoms with Gasteiger partial charge in [0.25, 0.3) is 0 Å². The van der Waals surface area contributed by atoms with Gasteiger partial charge in [-0.25, -0.2) is 0 Å². The normalized spacial score (nSPS) is 25.2. The molecule has 0 saturated carbocycles. The number of hydrogen-bond donors (Lipinski definition) is 0. The van der Waals surface area contributed by atoms with Gasteiger partial charge in [0.2, 0.25) is 0 Å². The Morgan fingerprint density at radius 1 is 0.600 bits per heavy atom. The van der Waals surface area contributed by atoms with Crippen LogP contribution < -0.4 is 0 Å². The Morgan fingerprint density at radius 2 is 1.03 bits per heavy atom. The van der Waals surface area contributed by atoms with Gasteiger partial charge in [-0.3, -0.25) is 0 Å². The fourth-order valence-electron chi connectivity index (χ4n) is 7.76. The van der Waals surface area contributed by atoms with Crippen molar-refractivity contribution in [3.05, 3.63) is 0 Å². The molecule has 0 unspecified atom stereocenters. The predicted molar refractivity (Wildman–Crippen MR) is 130 cm³/mol. The summed E-state index contributed by atoms with van der Waals surface area (Å²) in [6.07, 6.45) is 16.0. The first-order chi connectivity index (χ1) is 14.3. The standard InChI is InChI=1S/C27H56N3/c1-5-16-29(19-8-9-20-29)21-10-11-22-30(23-12-13-24-30)25-14-15-27(2,3)26-28(4)17-6-7-18-28/h5-26H2,1-4H3/q+3. The molecule has 3 nitrogen and oxygen atoms in total. The van der Waals surface area contributed by atoms with E-state index in [1.165, 1.54) is 156 Å². The highest BCUT2D eigenvalue weighted by Crippen LogP contribution is 2.31. The Hall–Kier alpha value is -0.120. The molecule has 30 heavy (non-hydrogen) atoms. The number of nitrogens with zero attached hydrogens (tertiary/aromatic N) is 3. The second-order valence-electron chi connectivity index (χ2n) is 12.8. The van der Waals surface area contributed by atoms with Crippen molar-refractivity contribution in [2.75, 3.05) is 79.0 Å². The lowest BCUT2D eigenvalue weighted by molar-refractivity contribution is -0.923. The molecule has 0 atom stereocenters. The highest BCUT2D eigenvalue weighted by Gasteiger charge is 2.36. The summed E-state index contributed by atoms with van der Waals surface area (Å²) in [6, 6.07) is 0. The van der Waals surface area contributed by atoms with Gasteiger partial charge in [-0.2, -0.15) is 0 Å². The van der Waals surface area contributed by atoms with Crippen molar-refractivity contribution in [3.63, 3.8) is 0 Å². The number of quaternary nitrogens is 3. The fourth-order valence-corrected chi connectivity index (χ4v) is 7.76. The molecule has 0 bridgehead atoms. The van der Waals surface area contributed by atoms with Gasteiger partial charge in [-0.15, -0.1) is 0 Å². The van der Waals surface area contributed by atoms with Gasteiger partial charge in [0.1, 0.15) is 0 Å². The Bertz CT molecular complexity index is 494. The van der Waals surface area contributed by atoms with Crippen molar-refractivity contribution in [1.29, 1.82) is 0 Å². The SMILES string of the molecule is CCC[N+]1(CCCC[N+]2(CCCC(C)(C)C[N+]3(C)CCCC3)CCCC2)CCCC1. The van der Waals surface area contributed by atoms with E-state index in [2.05, 4.69) is 27.8 Å². The molecule has 3 aliphatic heterocycles. The second-order valence-corrected chi connectivity index (χ2v) is 12.8. The predicted octanol–water partition coefficient (Wildman–Crippen LogP) is 5.44. The van der Waals surface area contributed by atoms with Crippen LogP contribution >= 0.6 is 0 Å². The molecular formula is C27H56N3+3. The molecule has 0 amide bonds. The summed E-state index contributed by atoms with van der Waals surface area (Å²) in [7, 11) is 2.51. The molecule has 3 heterocycles. The quantitative estimate of drug-likeness (QED) is 0.274. The van der Waals surface area contributed by atoms with Crippen LogP contribution in [0.4, 0.5) is 0 Å². The molecule has 0 aromatic heterocycles. The maximum atomic E-state index is 2.55. The molecule has 0 aliphatic carbocycles. The molecule has 0 N–H and O–H groups in total. The summed E-state index contributed by atoms with van der Waals surface area (Å²) in [6.45, 7) is 23.5. The average molecular weight is 423 g/mol. The maximum Gasteiger partial charge on any atom is 0.0836 e. The van der Waals surface area contributed by atoms with Crippen molar-refractivity contribution in [3.8, 4) is 0 Å². The van der Waals surface area contributed by atoms with Crippen molar-refractivity contribution in [2.24, 2.45) is 5.41 Å². The van der Waals surface area contributed by atoms with Crippen LogP contribution in [0.5, 0.6) is 0 Å². The first-order valence-electron chi connectivity index (χ1n) is 13.8. The van der Waals surface area contributed by atoms with E-state index in [0.29, 0.717) is 5.41 Å². The van der Waals surface area contributed by atoms with Gasteiger partial charge in [-0.05, 0) is 19.3 Å². The molecule has 3 heteroatoms. The molecule has 3 fully saturated rings. The minimum Gasteiger partial charge on any atom is -0.326 e. The minimum atomic E-state index is 0.509. The third-order valence-corrected chi connectivity index (χ3v) is 9.18. The fraction of sp³-hybridized carbons (Fsp3) is 1.00. The molecule has 3 saturated heterocycles. The molecule has 0 aromatic carbocycles. The zero-order valence-electron chi connectivity index (χ0n) is 21.4. The van der Waals surface area contributed by atoms with E-state index >= 15 is 0 Å². The molecular weight excluding hydrogens is 366 g/mol. The van der Waals surface area contributed by atoms with Crippen LogP contribution in [0, 0.1) is 5.41 Å². The monoisotopic (exact) mass is 422 g/mol. The van der Waals surface area contributed by atoms with Crippen LogP contribution in [0.3, 0.4) is 0 Å². The van der Waals surface area contributed by atoms with E-state index in [-0.39, 0.29) is 0 Å². The van der Waals surface area contributed by atoms with Gasteiger partial charge < -0.3 is 13.4 Å². The first-order valence-corrected chi connectivity index (χ1v) is 13.8. The van der Waals surface area contributed by atoms with Crippen molar-refractivity contribution < 1.29 is 13.4 Å². The summed E-state index contributed by atoms with van der Waals surface area (Å²) < 4.78 is 4.27. The lowest BCUT2D eigenvalue weighted by atomic mass is 9.86. The van der Waals surface area contributed by atoms with E-state index in [0.717, 1.165) is 0 Å². The highest BCUT2D eigenvalue weighted by atomic mass is 15.4. The van der Waals surface area contributed by atoms with E-state index in [4.69, 9.17) is 0 Å². The zero-order chi connectivity index (χ0) is 21.6. The summed E-state index contributed by atoms with van der Waals surface area (Å²) in [5.74, 6) is 0. The van der Waals surface area contributed by atoms with E-state index in [1.807, 2.05) is 0 Å². The van der Waals surface area contributed by atoms with Crippen LogP contribution in [0.1, 0.15) is 91.4 Å². The Kier molecular flexibility index (Phi) is 8.72. The topological polar surface area (TPSA) is 0 Å². The van der Waals surface area contributed by atoms with Crippen LogP contribution in [0.15, 0.2) is 0 Å². The molecule has 3 aliphatic rings. The van der Waals surface area contributed by atoms with Gasteiger partial charge in [0.15, 0.2) is 0 Å². The third kappa shape index (κ3) is 6.94. The molecule has 3 rings (SSSR count). The van der Waals surface area contributed by atoms with E-state index in [9.17, 15) is 0 Å². The van der Waals surface area contributed by atoms with Crippen molar-refractivity contribution in [1.82, 2.24) is 0 Å². The summed E-state index contributed by atoms with van der Waals surface area (Å²) in [4.78, 5) is 0. The number of likely N-dealkylation sites (tertiary alicyclic amines) is 3. The number of rotatable bonds is 13. The largest absolute Gasteiger partial charge is 0.326 e. The van der Waals surface area contributed by atoms with Crippen LogP contribution in [0.25, 0.3) is 0 Å². The Morgan fingerprint density at radius 3 is 1.53 bits per heavy atom. The van der Waals surface area contributed by atoms with E-state index in [1.54, 1.807) is 0 Å². The Balaban J connectivity index is 1.41. The average Bonchev–Trinajstić information content (AvgIpc) is 3.42. The molecule has 0 spiro atoms. The van der Waals surface area contributed by atoms with Crippen LogP contribution in [-0.4, -0.2) is 92.5 Å². The summed E-state index contributed by atoms with van der Waals surface area (Å²) >= 11 is 0. The second kappa shape index (κ2) is 10.7. The summed E-state index contributed by atoms with van der Waals surface area (Å²) in [5.41, 5.74) is 0.509. The van der Waals surface area contributed by atoms with Gasteiger partial charge in [0.05, 0.1) is 79.0 Å². The minimum absolute atomic E-state index is 0.509. The molecule has 0 radical (unpaired) electrons. The third-order valence-electron chi connectivity index (χ3n) is 9.18. The van der Waals surface area contributed by atoms with Gasteiger partial charge >= 0.3 is 0 Å². The zero-order valence-corrected chi connectivity index (χ0v) is 21.4.